The van der Waals surface area contributed by atoms with Gasteiger partial charge in [-0.2, -0.15) is 0 Å². The summed E-state index contributed by atoms with van der Waals surface area (Å²) in [5.41, 5.74) is 24.0. The van der Waals surface area contributed by atoms with E-state index in [1.54, 1.807) is 4.57 Å². The molecule has 4 aliphatic rings. The Morgan fingerprint density at radius 1 is 0.267 bits per heavy atom. The Kier molecular flexibility index (Phi) is 10.1. The summed E-state index contributed by atoms with van der Waals surface area (Å²) in [4.78, 5) is 4.59. The van der Waals surface area contributed by atoms with Crippen molar-refractivity contribution in [3.05, 3.63) is 398 Å². The molecule has 0 saturated carbocycles. The average Bonchev–Trinajstić information content (AvgIpc) is 1.00. The van der Waals surface area contributed by atoms with Crippen LogP contribution in [0, 0.1) is 0 Å². The molecule has 0 atom stereocenters. The molecule has 2 aliphatic heterocycles. The van der Waals surface area contributed by atoms with Gasteiger partial charge in [-0.15, -0.1) is 0 Å². The van der Waals surface area contributed by atoms with Crippen molar-refractivity contribution in [2.75, 3.05) is 9.80 Å². The van der Waals surface area contributed by atoms with Gasteiger partial charge in [0.1, 0.15) is 0 Å². The lowest BCUT2D eigenvalue weighted by Crippen LogP contribution is -2.61. The number of hydrogen-bond donors (Lipinski definition) is 0. The SMILES string of the molecule is [2H]c1c([2H])c([2H])c(-c2ccc3c(c2)B2c4ccc(-c5cccc6c5C5(c7ccccc7-c7ccccc75)c5ccccc5-6)cc4N(c4c(-c5ccccc5)cccc4-c4ccccc4)c4cc(-n5c6c([2H])c([2H])c([2H])c([2H])c6c6c([2H])c([2H])c([2H])c([2H])c65)cc(c42)N3c2c(-c3ccccc3)cccc2-c2ccccc2)c([2H])c1[2H]. The van der Waals surface area contributed by atoms with Gasteiger partial charge in [0.15, 0.2) is 0 Å². The van der Waals surface area contributed by atoms with Crippen molar-refractivity contribution < 1.29 is 17.8 Å². The van der Waals surface area contributed by atoms with Crippen molar-refractivity contribution in [1.82, 2.24) is 4.57 Å². The van der Waals surface area contributed by atoms with Gasteiger partial charge < -0.3 is 14.4 Å². The van der Waals surface area contributed by atoms with Crippen LogP contribution in [0.5, 0.6) is 0 Å². The molecule has 3 nitrogen and oxygen atoms in total. The maximum Gasteiger partial charge on any atom is 0.252 e. The summed E-state index contributed by atoms with van der Waals surface area (Å²) < 4.78 is 126. The smallest absolute Gasteiger partial charge is 0.252 e. The highest BCUT2D eigenvalue weighted by Crippen LogP contribution is 2.65. The van der Waals surface area contributed by atoms with Gasteiger partial charge >= 0.3 is 0 Å². The number of hydrogen-bond acceptors (Lipinski definition) is 2. The van der Waals surface area contributed by atoms with Crippen molar-refractivity contribution in [1.29, 1.82) is 0 Å². The lowest BCUT2D eigenvalue weighted by molar-refractivity contribution is 0.796. The zero-order valence-electron chi connectivity index (χ0n) is 67.2. The van der Waals surface area contributed by atoms with Crippen LogP contribution in [-0.4, -0.2) is 11.3 Å². The molecule has 0 fully saturated rings. The first-order chi connectivity index (χ1) is 55.6. The zero-order chi connectivity index (χ0) is 77.6. The van der Waals surface area contributed by atoms with Gasteiger partial charge in [0.25, 0.3) is 6.71 Å². The molecule has 2 aliphatic carbocycles. The van der Waals surface area contributed by atoms with Crippen LogP contribution in [0.4, 0.5) is 34.1 Å². The van der Waals surface area contributed by atoms with E-state index in [9.17, 15) is 16.4 Å². The molecule has 4 heteroatoms. The van der Waals surface area contributed by atoms with Crippen LogP contribution < -0.4 is 26.2 Å². The quantitative estimate of drug-likeness (QED) is 0.133. The second-order valence-electron chi connectivity index (χ2n) is 26.3. The molecule has 1 spiro atoms. The molecule has 1 aromatic heterocycles. The van der Waals surface area contributed by atoms with E-state index in [1.165, 1.54) is 16.7 Å². The summed E-state index contributed by atoms with van der Waals surface area (Å²) in [6.45, 7) is -0.799. The predicted molar refractivity (Wildman–Crippen MR) is 424 cm³/mol. The first-order valence-electron chi connectivity index (χ1n) is 40.6. The number of rotatable bonds is 9. The van der Waals surface area contributed by atoms with E-state index in [4.69, 9.17) is 1.37 Å². The van der Waals surface area contributed by atoms with Gasteiger partial charge in [-0.3, -0.25) is 0 Å². The normalized spacial score (nSPS) is 15.0. The third kappa shape index (κ3) is 8.37. The minimum absolute atomic E-state index is 0.0204. The maximum atomic E-state index is 10.2. The number of fused-ring (bicyclic) bond motifs is 17. The lowest BCUT2D eigenvalue weighted by atomic mass is 9.33. The second-order valence-corrected chi connectivity index (χ2v) is 26.3. The fourth-order valence-electron chi connectivity index (χ4n) is 17.4. The van der Waals surface area contributed by atoms with Crippen LogP contribution in [0.2, 0.25) is 0 Å². The standard InChI is InChI=1S/C97H62BN3/c1-6-29-63(30-7-1)68-56-58-89-86(59-68)98-85-57-55-69(71-44-26-49-81-78-41-18-23-52-84(78)97(93(71)81)82-50-21-16-39-76(82)77-40-17-22-51-83(77)97)60-90(85)101(96-74(66-35-12-4-13-36-66)47-28-48-75(96)67-37-14-5-15-38-67)92-62-70(99-87-53-24-19-42-79(87)80-43-20-25-54-88(80)99)61-91(94(92)98)100(89)95-72(64-31-8-2-9-32-64)45-27-46-73(95)65-33-10-3-11-34-65/h1-62H/i1D,6D,7D,19D,20D,24D,25D,29D,30D,42D,43D,53D,54D. The molecule has 0 bridgehead atoms. The molecular weight excluding hydrogens is 1220 g/mol. The van der Waals surface area contributed by atoms with Crippen LogP contribution in [0.1, 0.15) is 40.1 Å². The van der Waals surface area contributed by atoms with E-state index in [1.807, 2.05) is 109 Å². The van der Waals surface area contributed by atoms with Crippen molar-refractivity contribution in [2.24, 2.45) is 0 Å². The van der Waals surface area contributed by atoms with Gasteiger partial charge in [-0.05, 0) is 142 Å². The van der Waals surface area contributed by atoms with Gasteiger partial charge in [0.05, 0.1) is 51.3 Å². The monoisotopic (exact) mass is 1290 g/mol. The highest BCUT2D eigenvalue weighted by molar-refractivity contribution is 7.00. The molecule has 16 aromatic carbocycles. The third-order valence-corrected chi connectivity index (χ3v) is 21.3. The van der Waals surface area contributed by atoms with E-state index in [2.05, 4.69) is 198 Å². The van der Waals surface area contributed by atoms with E-state index in [0.29, 0.717) is 33.8 Å². The Labute approximate surface area is 606 Å². The lowest BCUT2D eigenvalue weighted by Gasteiger charge is -2.46. The predicted octanol–water partition coefficient (Wildman–Crippen LogP) is 23.2. The Morgan fingerprint density at radius 2 is 0.673 bits per heavy atom. The number of aromatic nitrogens is 1. The average molecular weight is 1290 g/mol. The van der Waals surface area contributed by atoms with Crippen molar-refractivity contribution in [3.63, 3.8) is 0 Å². The van der Waals surface area contributed by atoms with E-state index in [0.717, 1.165) is 111 Å². The Balaban J connectivity index is 0.979. The van der Waals surface area contributed by atoms with Gasteiger partial charge in [-0.25, -0.2) is 0 Å². The van der Waals surface area contributed by atoms with E-state index >= 15 is 0 Å². The second kappa shape index (κ2) is 22.5. The molecule has 468 valence electrons. The molecular formula is C97H62BN3. The first-order valence-corrected chi connectivity index (χ1v) is 34.1. The number of anilines is 6. The maximum absolute atomic E-state index is 10.2. The minimum atomic E-state index is -0.799. The number of para-hydroxylation sites is 4. The molecule has 0 radical (unpaired) electrons. The molecule has 0 unspecified atom stereocenters. The fourth-order valence-corrected chi connectivity index (χ4v) is 17.4. The minimum Gasteiger partial charge on any atom is -0.310 e. The van der Waals surface area contributed by atoms with Crippen molar-refractivity contribution in [3.8, 4) is 94.7 Å². The summed E-state index contributed by atoms with van der Waals surface area (Å²) in [7, 11) is 0. The van der Waals surface area contributed by atoms with Crippen LogP contribution in [0.15, 0.2) is 376 Å². The molecule has 17 aromatic rings. The molecule has 21 rings (SSSR count). The Bertz CT molecular complexity index is 6770. The Morgan fingerprint density at radius 3 is 1.18 bits per heavy atom. The summed E-state index contributed by atoms with van der Waals surface area (Å²) >= 11 is 0. The van der Waals surface area contributed by atoms with Crippen LogP contribution in [0.25, 0.3) is 117 Å². The van der Waals surface area contributed by atoms with E-state index in [-0.39, 0.29) is 39.5 Å². The highest BCUT2D eigenvalue weighted by Gasteiger charge is 2.53. The number of nitrogens with zero attached hydrogens (tertiary/aromatic N) is 3. The molecule has 0 amide bonds. The van der Waals surface area contributed by atoms with Gasteiger partial charge in [0, 0.05) is 55.8 Å². The van der Waals surface area contributed by atoms with Gasteiger partial charge in [0.2, 0.25) is 0 Å². The van der Waals surface area contributed by atoms with Crippen molar-refractivity contribution in [2.45, 2.75) is 5.41 Å². The number of benzene rings is 16. The first kappa shape index (κ1) is 45.5. The summed E-state index contributed by atoms with van der Waals surface area (Å²) in [6.07, 6.45) is 0. The van der Waals surface area contributed by atoms with Crippen LogP contribution >= 0.6 is 0 Å². The fraction of sp³-hybridized carbons (Fsp3) is 0.0103. The molecule has 3 heterocycles. The van der Waals surface area contributed by atoms with Gasteiger partial charge in [-0.1, -0.05) is 339 Å². The summed E-state index contributed by atoms with van der Waals surface area (Å²) in [6, 6.07) is 96.6. The molecule has 0 saturated heterocycles. The molecule has 101 heavy (non-hydrogen) atoms. The largest absolute Gasteiger partial charge is 0.310 e. The van der Waals surface area contributed by atoms with Crippen LogP contribution in [-0.2, 0) is 5.41 Å². The van der Waals surface area contributed by atoms with Crippen LogP contribution in [0.3, 0.4) is 0 Å². The molecule has 0 N–H and O–H groups in total. The summed E-state index contributed by atoms with van der Waals surface area (Å²) in [5, 5.41) is -0.156. The Hall–Kier alpha value is -13.0. The topological polar surface area (TPSA) is 11.4 Å². The van der Waals surface area contributed by atoms with E-state index < -0.39 is 78.6 Å². The zero-order valence-corrected chi connectivity index (χ0v) is 54.2. The highest BCUT2D eigenvalue weighted by atomic mass is 15.2. The third-order valence-electron chi connectivity index (χ3n) is 21.3. The van der Waals surface area contributed by atoms with Crippen molar-refractivity contribution >= 4 is 79.0 Å². The summed E-state index contributed by atoms with van der Waals surface area (Å²) in [5.74, 6) is 0.